The van der Waals surface area contributed by atoms with Crippen molar-refractivity contribution in [1.29, 1.82) is 0 Å². The monoisotopic (exact) mass is 167 g/mol. The van der Waals surface area contributed by atoms with Crippen LogP contribution >= 0.6 is 0 Å². The predicted molar refractivity (Wildman–Crippen MR) is 51.9 cm³/mol. The Morgan fingerprint density at radius 1 is 1.42 bits per heavy atom. The van der Waals surface area contributed by atoms with Crippen LogP contribution in [0, 0.1) is 0 Å². The molecule has 12 heavy (non-hydrogen) atoms. The molecule has 0 N–H and O–H groups in total. The fourth-order valence-electron chi connectivity index (χ4n) is 0.996. The molecule has 0 aromatic carbocycles. The Balaban J connectivity index is 3.97. The zero-order valence-corrected chi connectivity index (χ0v) is 7.75. The third-order valence-electron chi connectivity index (χ3n) is 1.51. The van der Waals surface area contributed by atoms with Crippen LogP contribution in [0.1, 0.15) is 19.8 Å². The first-order valence-corrected chi connectivity index (χ1v) is 4.25. The van der Waals surface area contributed by atoms with Gasteiger partial charge in [0.25, 0.3) is 0 Å². The third-order valence-corrected chi connectivity index (χ3v) is 1.51. The van der Waals surface area contributed by atoms with Gasteiger partial charge in [-0.15, -0.1) is 13.2 Å². The van der Waals surface area contributed by atoms with Gasteiger partial charge in [0.1, 0.15) is 0 Å². The van der Waals surface area contributed by atoms with Gasteiger partial charge in [0.05, 0.1) is 0 Å². The Morgan fingerprint density at radius 2 is 2.08 bits per heavy atom. The molecule has 68 valence electrons. The number of carbonyl (C=O) groups excluding carboxylic acids is 1. The number of nitrogens with zero attached hydrogens (tertiary/aromatic N) is 1. The van der Waals surface area contributed by atoms with E-state index in [-0.39, 0.29) is 5.91 Å². The summed E-state index contributed by atoms with van der Waals surface area (Å²) in [5.74, 6) is 0.131. The molecule has 0 heterocycles. The summed E-state index contributed by atoms with van der Waals surface area (Å²) >= 11 is 0. The van der Waals surface area contributed by atoms with Gasteiger partial charge >= 0.3 is 0 Å². The number of carbonyl (C=O) groups is 1. The van der Waals surface area contributed by atoms with Gasteiger partial charge in [0.15, 0.2) is 0 Å². The van der Waals surface area contributed by atoms with Crippen molar-refractivity contribution in [2.45, 2.75) is 19.8 Å². The molecule has 0 bridgehead atoms. The smallest absolute Gasteiger partial charge is 0.226 e. The lowest BCUT2D eigenvalue weighted by atomic mass is 10.3. The van der Waals surface area contributed by atoms with Crippen LogP contribution in [-0.2, 0) is 4.79 Å². The minimum atomic E-state index is 0.131. The molecule has 0 aromatic rings. The maximum Gasteiger partial charge on any atom is 0.226 e. The van der Waals surface area contributed by atoms with E-state index in [1.54, 1.807) is 17.1 Å². The largest absolute Gasteiger partial charge is 0.339 e. The molecule has 0 aliphatic heterocycles. The first kappa shape index (κ1) is 11.0. The van der Waals surface area contributed by atoms with Crippen molar-refractivity contribution >= 4 is 5.91 Å². The lowest BCUT2D eigenvalue weighted by molar-refractivity contribution is -0.129. The maximum absolute atomic E-state index is 11.3. The van der Waals surface area contributed by atoms with Crippen LogP contribution in [-0.4, -0.2) is 23.9 Å². The fraction of sp³-hybridized carbons (Fsp3) is 0.500. The van der Waals surface area contributed by atoms with E-state index in [0.717, 1.165) is 13.0 Å². The van der Waals surface area contributed by atoms with E-state index < -0.39 is 0 Å². The predicted octanol–water partition coefficient (Wildman–Crippen LogP) is 1.99. The maximum atomic E-state index is 11.3. The van der Waals surface area contributed by atoms with Gasteiger partial charge in [-0.25, -0.2) is 0 Å². The lowest BCUT2D eigenvalue weighted by Gasteiger charge is -2.19. The summed E-state index contributed by atoms with van der Waals surface area (Å²) in [6.45, 7) is 10.6. The average molecular weight is 167 g/mol. The Bertz CT molecular complexity index is 163. The van der Waals surface area contributed by atoms with E-state index >= 15 is 0 Å². The van der Waals surface area contributed by atoms with Crippen molar-refractivity contribution in [3.8, 4) is 0 Å². The number of hydrogen-bond acceptors (Lipinski definition) is 1. The van der Waals surface area contributed by atoms with Gasteiger partial charge in [-0.1, -0.05) is 19.1 Å². The SMILES string of the molecule is C=CCC(=O)N(CC=C)CCC. The minimum absolute atomic E-state index is 0.131. The van der Waals surface area contributed by atoms with Crippen LogP contribution in [0.4, 0.5) is 0 Å². The number of rotatable bonds is 6. The molecule has 0 unspecified atom stereocenters. The molecule has 0 atom stereocenters. The molecule has 1 amide bonds. The van der Waals surface area contributed by atoms with Gasteiger partial charge < -0.3 is 4.90 Å². The Kier molecular flexibility index (Phi) is 6.07. The van der Waals surface area contributed by atoms with Crippen LogP contribution in [0.5, 0.6) is 0 Å². The molecule has 0 saturated heterocycles. The summed E-state index contributed by atoms with van der Waals surface area (Å²) in [7, 11) is 0. The molecule has 0 rings (SSSR count). The van der Waals surface area contributed by atoms with Crippen molar-refractivity contribution in [3.05, 3.63) is 25.3 Å². The normalized spacial score (nSPS) is 9.08. The van der Waals surface area contributed by atoms with E-state index in [1.807, 2.05) is 0 Å². The Hall–Kier alpha value is -1.05. The van der Waals surface area contributed by atoms with Gasteiger partial charge in [-0.05, 0) is 6.42 Å². The molecule has 0 saturated carbocycles. The molecule has 0 radical (unpaired) electrons. The van der Waals surface area contributed by atoms with Gasteiger partial charge in [0, 0.05) is 19.5 Å². The summed E-state index contributed by atoms with van der Waals surface area (Å²) in [5, 5.41) is 0. The second-order valence-corrected chi connectivity index (χ2v) is 2.62. The highest BCUT2D eigenvalue weighted by Gasteiger charge is 2.07. The quantitative estimate of drug-likeness (QED) is 0.554. The van der Waals surface area contributed by atoms with E-state index in [0.29, 0.717) is 13.0 Å². The molecule has 2 heteroatoms. The van der Waals surface area contributed by atoms with Gasteiger partial charge in [-0.2, -0.15) is 0 Å². The van der Waals surface area contributed by atoms with E-state index in [9.17, 15) is 4.79 Å². The molecule has 0 spiro atoms. The molecule has 0 aromatic heterocycles. The van der Waals surface area contributed by atoms with Crippen LogP contribution in [0.3, 0.4) is 0 Å². The first-order valence-electron chi connectivity index (χ1n) is 4.25. The highest BCUT2D eigenvalue weighted by Crippen LogP contribution is 1.96. The van der Waals surface area contributed by atoms with Crippen molar-refractivity contribution in [1.82, 2.24) is 4.90 Å². The van der Waals surface area contributed by atoms with Crippen molar-refractivity contribution in [2.75, 3.05) is 13.1 Å². The van der Waals surface area contributed by atoms with Crippen molar-refractivity contribution in [3.63, 3.8) is 0 Å². The van der Waals surface area contributed by atoms with E-state index in [1.165, 1.54) is 0 Å². The third kappa shape index (κ3) is 3.96. The highest BCUT2D eigenvalue weighted by atomic mass is 16.2. The molecular formula is C10H17NO. The molecule has 0 aliphatic carbocycles. The summed E-state index contributed by atoms with van der Waals surface area (Å²) < 4.78 is 0. The number of hydrogen-bond donors (Lipinski definition) is 0. The second-order valence-electron chi connectivity index (χ2n) is 2.62. The van der Waals surface area contributed by atoms with Crippen LogP contribution in [0.2, 0.25) is 0 Å². The van der Waals surface area contributed by atoms with Gasteiger partial charge in [-0.3, -0.25) is 4.79 Å². The zero-order valence-electron chi connectivity index (χ0n) is 7.75. The molecule has 0 fully saturated rings. The summed E-state index contributed by atoms with van der Waals surface area (Å²) in [5.41, 5.74) is 0. The lowest BCUT2D eigenvalue weighted by Crippen LogP contribution is -2.31. The van der Waals surface area contributed by atoms with Crippen LogP contribution in [0.25, 0.3) is 0 Å². The Labute approximate surface area is 74.6 Å². The van der Waals surface area contributed by atoms with Gasteiger partial charge in [0.2, 0.25) is 5.91 Å². The van der Waals surface area contributed by atoms with E-state index in [2.05, 4.69) is 20.1 Å². The van der Waals surface area contributed by atoms with Crippen molar-refractivity contribution < 1.29 is 4.79 Å². The van der Waals surface area contributed by atoms with Crippen LogP contribution < -0.4 is 0 Å². The molecular weight excluding hydrogens is 150 g/mol. The Morgan fingerprint density at radius 3 is 2.50 bits per heavy atom. The summed E-state index contributed by atoms with van der Waals surface area (Å²) in [4.78, 5) is 13.1. The fourth-order valence-corrected chi connectivity index (χ4v) is 0.996. The summed E-state index contributed by atoms with van der Waals surface area (Å²) in [6, 6.07) is 0. The number of amides is 1. The zero-order chi connectivity index (χ0) is 9.40. The van der Waals surface area contributed by atoms with Crippen LogP contribution in [0.15, 0.2) is 25.3 Å². The van der Waals surface area contributed by atoms with Crippen molar-refractivity contribution in [2.24, 2.45) is 0 Å². The standard InChI is InChI=1S/C10H17NO/c1-4-7-10(12)11(8-5-2)9-6-3/h4-5H,1-2,6-9H2,3H3. The highest BCUT2D eigenvalue weighted by molar-refractivity contribution is 5.77. The average Bonchev–Trinajstić information content (AvgIpc) is 2.04. The molecule has 0 aliphatic rings. The molecule has 2 nitrogen and oxygen atoms in total. The minimum Gasteiger partial charge on any atom is -0.339 e. The van der Waals surface area contributed by atoms with E-state index in [4.69, 9.17) is 0 Å². The summed E-state index contributed by atoms with van der Waals surface area (Å²) in [6.07, 6.45) is 4.79. The topological polar surface area (TPSA) is 20.3 Å². The second kappa shape index (κ2) is 6.65. The first-order chi connectivity index (χ1) is 5.76.